The Bertz CT molecular complexity index is 930. The van der Waals surface area contributed by atoms with E-state index in [1.54, 1.807) is 31.4 Å². The first-order valence-corrected chi connectivity index (χ1v) is 10.8. The van der Waals surface area contributed by atoms with Gasteiger partial charge in [-0.2, -0.15) is 0 Å². The van der Waals surface area contributed by atoms with Gasteiger partial charge in [-0.3, -0.25) is 9.79 Å². The van der Waals surface area contributed by atoms with Crippen LogP contribution in [0.4, 0.5) is 10.2 Å². The molecule has 0 aliphatic carbocycles. The van der Waals surface area contributed by atoms with Gasteiger partial charge in [0.2, 0.25) is 5.91 Å². The number of rotatable bonds is 8. The molecule has 32 heavy (non-hydrogen) atoms. The number of pyridine rings is 1. The van der Waals surface area contributed by atoms with Crippen molar-refractivity contribution in [2.45, 2.75) is 32.4 Å². The first-order chi connectivity index (χ1) is 15.5. The number of halogens is 1. The van der Waals surface area contributed by atoms with Crippen LogP contribution in [-0.2, 0) is 11.3 Å². The molecule has 2 heterocycles. The summed E-state index contributed by atoms with van der Waals surface area (Å²) in [5.41, 5.74) is 6.48. The molecule has 1 aromatic carbocycles. The molecule has 172 valence electrons. The maximum atomic E-state index is 13.8. The van der Waals surface area contributed by atoms with Gasteiger partial charge in [0.05, 0.1) is 6.54 Å². The molecule has 1 aliphatic heterocycles. The maximum Gasteiger partial charge on any atom is 0.220 e. The van der Waals surface area contributed by atoms with Crippen molar-refractivity contribution in [3.8, 4) is 5.75 Å². The lowest BCUT2D eigenvalue weighted by Gasteiger charge is -2.32. The van der Waals surface area contributed by atoms with E-state index in [9.17, 15) is 9.18 Å². The number of amides is 1. The Morgan fingerprint density at radius 3 is 2.72 bits per heavy atom. The molecule has 1 saturated heterocycles. The number of anilines is 1. The topological polar surface area (TPSA) is 105 Å². The van der Waals surface area contributed by atoms with E-state index in [1.165, 1.54) is 6.07 Å². The van der Waals surface area contributed by atoms with Crippen LogP contribution in [0.5, 0.6) is 5.75 Å². The van der Waals surface area contributed by atoms with Crippen molar-refractivity contribution in [1.29, 1.82) is 0 Å². The Kier molecular flexibility index (Phi) is 8.24. The molecule has 4 N–H and O–H groups in total. The fraction of sp³-hybridized carbons (Fsp3) is 0.435. The molecule has 2 aromatic rings. The number of nitrogens with two attached hydrogens (primary N) is 1. The lowest BCUT2D eigenvalue weighted by Crippen LogP contribution is -2.42. The largest absolute Gasteiger partial charge is 0.486 e. The summed E-state index contributed by atoms with van der Waals surface area (Å²) in [6, 6.07) is 10.3. The number of carbonyl (C=O) groups excluding carboxylic acids is 1. The number of hydrogen-bond donors (Lipinski definition) is 3. The molecule has 1 atom stereocenters. The predicted octanol–water partition coefficient (Wildman–Crippen LogP) is 2.05. The van der Waals surface area contributed by atoms with Gasteiger partial charge in [0, 0.05) is 44.4 Å². The van der Waals surface area contributed by atoms with E-state index in [-0.39, 0.29) is 29.5 Å². The first kappa shape index (κ1) is 23.3. The maximum absolute atomic E-state index is 13.8. The Morgan fingerprint density at radius 1 is 1.28 bits per heavy atom. The van der Waals surface area contributed by atoms with E-state index in [0.29, 0.717) is 19.0 Å². The zero-order valence-electron chi connectivity index (χ0n) is 18.6. The van der Waals surface area contributed by atoms with Gasteiger partial charge in [-0.25, -0.2) is 9.37 Å². The summed E-state index contributed by atoms with van der Waals surface area (Å²) in [6.45, 7) is 4.34. The van der Waals surface area contributed by atoms with Crippen LogP contribution in [0.3, 0.4) is 0 Å². The van der Waals surface area contributed by atoms with Crippen molar-refractivity contribution in [2.24, 2.45) is 16.6 Å². The third kappa shape index (κ3) is 6.32. The molecule has 0 saturated carbocycles. The number of guanidine groups is 1. The molecule has 0 bridgehead atoms. The van der Waals surface area contributed by atoms with Crippen LogP contribution in [0.15, 0.2) is 47.6 Å². The molecule has 3 rings (SSSR count). The summed E-state index contributed by atoms with van der Waals surface area (Å²) in [7, 11) is 1.69. The van der Waals surface area contributed by atoms with E-state index in [2.05, 4.69) is 25.5 Å². The van der Waals surface area contributed by atoms with Gasteiger partial charge >= 0.3 is 0 Å². The van der Waals surface area contributed by atoms with E-state index in [0.717, 1.165) is 37.3 Å². The number of nitrogens with one attached hydrogen (secondary N) is 2. The molecule has 1 aliphatic rings. The third-order valence-electron chi connectivity index (χ3n) is 5.46. The molecule has 1 unspecified atom stereocenters. The third-order valence-corrected chi connectivity index (χ3v) is 5.46. The second-order valence-electron chi connectivity index (χ2n) is 7.82. The Labute approximate surface area is 188 Å². The molecule has 9 heteroatoms. The van der Waals surface area contributed by atoms with Crippen LogP contribution in [0.1, 0.15) is 25.3 Å². The highest BCUT2D eigenvalue weighted by atomic mass is 19.1. The smallest absolute Gasteiger partial charge is 0.220 e. The van der Waals surface area contributed by atoms with Crippen LogP contribution in [0.25, 0.3) is 0 Å². The number of hydrogen-bond acceptors (Lipinski definition) is 5. The minimum Gasteiger partial charge on any atom is -0.486 e. The number of aliphatic imine (C=N–C) groups is 1. The summed E-state index contributed by atoms with van der Waals surface area (Å²) < 4.78 is 19.4. The fourth-order valence-corrected chi connectivity index (χ4v) is 3.67. The molecular formula is C23H31FN6O2. The monoisotopic (exact) mass is 442 g/mol. The van der Waals surface area contributed by atoms with Crippen molar-refractivity contribution in [3.63, 3.8) is 0 Å². The normalized spacial score (nSPS) is 15.8. The molecule has 0 spiro atoms. The molecule has 1 fully saturated rings. The van der Waals surface area contributed by atoms with Gasteiger partial charge in [0.15, 0.2) is 17.5 Å². The Balaban J connectivity index is 1.52. The fourth-order valence-electron chi connectivity index (χ4n) is 3.67. The summed E-state index contributed by atoms with van der Waals surface area (Å²) in [5, 5.41) is 6.49. The standard InChI is InChI=1S/C23H31FN6O2/c1-16(32-20-8-4-3-7-19(20)24)14-28-23(26-2)29-15-18-6-5-11-27-22(18)30-12-9-17(10-13-30)21(25)31/h3-8,11,16-17H,9-10,12-15H2,1-2H3,(H2,25,31)(H2,26,28,29). The summed E-state index contributed by atoms with van der Waals surface area (Å²) in [6.07, 6.45) is 2.99. The van der Waals surface area contributed by atoms with Gasteiger partial charge in [0.1, 0.15) is 11.9 Å². The second-order valence-corrected chi connectivity index (χ2v) is 7.82. The molecule has 1 amide bonds. The highest BCUT2D eigenvalue weighted by Crippen LogP contribution is 2.24. The average molecular weight is 443 g/mol. The number of ether oxygens (including phenoxy) is 1. The van der Waals surface area contributed by atoms with Crippen molar-refractivity contribution in [1.82, 2.24) is 15.6 Å². The highest BCUT2D eigenvalue weighted by molar-refractivity contribution is 5.79. The minimum absolute atomic E-state index is 0.0619. The van der Waals surface area contributed by atoms with Crippen LogP contribution < -0.4 is 26.0 Å². The number of para-hydroxylation sites is 1. The zero-order chi connectivity index (χ0) is 22.9. The minimum atomic E-state index is -0.383. The number of benzene rings is 1. The lowest BCUT2D eigenvalue weighted by atomic mass is 9.96. The molecular weight excluding hydrogens is 411 g/mol. The van der Waals surface area contributed by atoms with Crippen molar-refractivity contribution < 1.29 is 13.9 Å². The van der Waals surface area contributed by atoms with Gasteiger partial charge in [-0.05, 0) is 38.0 Å². The first-order valence-electron chi connectivity index (χ1n) is 10.8. The van der Waals surface area contributed by atoms with Crippen LogP contribution in [0.2, 0.25) is 0 Å². The summed E-state index contributed by atoms with van der Waals surface area (Å²) >= 11 is 0. The lowest BCUT2D eigenvalue weighted by molar-refractivity contribution is -0.122. The second kappa shape index (κ2) is 11.3. The average Bonchev–Trinajstić information content (AvgIpc) is 2.81. The van der Waals surface area contributed by atoms with Crippen molar-refractivity contribution >= 4 is 17.7 Å². The molecule has 8 nitrogen and oxygen atoms in total. The number of primary amides is 1. The highest BCUT2D eigenvalue weighted by Gasteiger charge is 2.25. The van der Waals surface area contributed by atoms with Crippen LogP contribution in [-0.4, -0.2) is 49.6 Å². The SMILES string of the molecule is CN=C(NCc1cccnc1N1CCC(C(N)=O)CC1)NCC(C)Oc1ccccc1F. The predicted molar refractivity (Wildman–Crippen MR) is 123 cm³/mol. The van der Waals surface area contributed by atoms with E-state index in [1.807, 2.05) is 19.1 Å². The van der Waals surface area contributed by atoms with Gasteiger partial charge in [-0.1, -0.05) is 18.2 Å². The van der Waals surface area contributed by atoms with E-state index in [4.69, 9.17) is 10.5 Å². The van der Waals surface area contributed by atoms with Gasteiger partial charge < -0.3 is 26.0 Å². The number of nitrogens with zero attached hydrogens (tertiary/aromatic N) is 3. The van der Waals surface area contributed by atoms with Gasteiger partial charge in [-0.15, -0.1) is 0 Å². The number of aromatic nitrogens is 1. The molecule has 0 radical (unpaired) electrons. The van der Waals surface area contributed by atoms with Crippen LogP contribution in [0, 0.1) is 11.7 Å². The zero-order valence-corrected chi connectivity index (χ0v) is 18.6. The number of piperidine rings is 1. The summed E-state index contributed by atoms with van der Waals surface area (Å²) in [5.74, 6) is 1.06. The van der Waals surface area contributed by atoms with Crippen molar-refractivity contribution in [3.05, 3.63) is 54.0 Å². The van der Waals surface area contributed by atoms with Crippen LogP contribution >= 0.6 is 0 Å². The molecule has 1 aromatic heterocycles. The van der Waals surface area contributed by atoms with E-state index < -0.39 is 0 Å². The Morgan fingerprint density at radius 2 is 2.03 bits per heavy atom. The van der Waals surface area contributed by atoms with Gasteiger partial charge in [0.25, 0.3) is 0 Å². The number of carbonyl (C=O) groups is 1. The quantitative estimate of drug-likeness (QED) is 0.427. The Hall–Kier alpha value is -3.36. The summed E-state index contributed by atoms with van der Waals surface area (Å²) in [4.78, 5) is 22.4. The van der Waals surface area contributed by atoms with Crippen molar-refractivity contribution in [2.75, 3.05) is 31.6 Å². The van der Waals surface area contributed by atoms with E-state index >= 15 is 0 Å².